The molecular weight excluding hydrogens is 320 g/mol. The highest BCUT2D eigenvalue weighted by atomic mass is 35.5. The molecular formula is C15H11ClN4OS. The third kappa shape index (κ3) is 3.66. The summed E-state index contributed by atoms with van der Waals surface area (Å²) in [4.78, 5) is 16.0. The van der Waals surface area contributed by atoms with Gasteiger partial charge in [-0.2, -0.15) is 0 Å². The lowest BCUT2D eigenvalue weighted by Gasteiger charge is -1.99. The molecule has 2 aromatic heterocycles. The van der Waals surface area contributed by atoms with Gasteiger partial charge in [0.1, 0.15) is 10.2 Å². The second-order valence-corrected chi connectivity index (χ2v) is 5.94. The number of benzene rings is 1. The van der Waals surface area contributed by atoms with Crippen molar-refractivity contribution in [2.24, 2.45) is 0 Å². The van der Waals surface area contributed by atoms with Crippen LogP contribution in [0, 0.1) is 0 Å². The summed E-state index contributed by atoms with van der Waals surface area (Å²) in [6.07, 6.45) is 2.30. The molecule has 22 heavy (non-hydrogen) atoms. The molecule has 0 aliphatic carbocycles. The molecule has 0 saturated carbocycles. The maximum absolute atomic E-state index is 12.0. The SMILES string of the molecule is O=C(Nc1nnc(Cc2ccc(Cl)nc2)s1)c1ccccc1. The van der Waals surface area contributed by atoms with Gasteiger partial charge >= 0.3 is 0 Å². The number of rotatable bonds is 4. The zero-order chi connectivity index (χ0) is 15.4. The lowest BCUT2D eigenvalue weighted by Crippen LogP contribution is -2.11. The van der Waals surface area contributed by atoms with Gasteiger partial charge in [-0.1, -0.05) is 47.2 Å². The van der Waals surface area contributed by atoms with Crippen molar-refractivity contribution in [1.82, 2.24) is 15.2 Å². The maximum Gasteiger partial charge on any atom is 0.257 e. The molecule has 1 N–H and O–H groups in total. The fourth-order valence-corrected chi connectivity index (χ4v) is 2.70. The average Bonchev–Trinajstić information content (AvgIpc) is 2.97. The predicted molar refractivity (Wildman–Crippen MR) is 86.4 cm³/mol. The highest BCUT2D eigenvalue weighted by Gasteiger charge is 2.10. The van der Waals surface area contributed by atoms with Crippen LogP contribution in [-0.4, -0.2) is 21.1 Å². The number of anilines is 1. The van der Waals surface area contributed by atoms with Crippen molar-refractivity contribution in [3.63, 3.8) is 0 Å². The van der Waals surface area contributed by atoms with Gasteiger partial charge in [0.25, 0.3) is 5.91 Å². The molecule has 2 heterocycles. The molecule has 0 aliphatic heterocycles. The Hall–Kier alpha value is -2.31. The summed E-state index contributed by atoms with van der Waals surface area (Å²) in [6, 6.07) is 12.6. The van der Waals surface area contributed by atoms with E-state index < -0.39 is 0 Å². The smallest absolute Gasteiger partial charge is 0.257 e. The van der Waals surface area contributed by atoms with E-state index in [1.165, 1.54) is 11.3 Å². The first-order chi connectivity index (χ1) is 10.7. The van der Waals surface area contributed by atoms with Crippen LogP contribution in [0.3, 0.4) is 0 Å². The fourth-order valence-electron chi connectivity index (χ4n) is 1.82. The number of carbonyl (C=O) groups excluding carboxylic acids is 1. The van der Waals surface area contributed by atoms with Gasteiger partial charge in [-0.05, 0) is 23.8 Å². The Morgan fingerprint density at radius 2 is 1.95 bits per heavy atom. The largest absolute Gasteiger partial charge is 0.296 e. The fraction of sp³-hybridized carbons (Fsp3) is 0.0667. The summed E-state index contributed by atoms with van der Waals surface area (Å²) in [6.45, 7) is 0. The molecule has 0 radical (unpaired) electrons. The summed E-state index contributed by atoms with van der Waals surface area (Å²) in [5.74, 6) is -0.198. The number of pyridine rings is 1. The van der Waals surface area contributed by atoms with Gasteiger partial charge in [0, 0.05) is 18.2 Å². The second-order valence-electron chi connectivity index (χ2n) is 4.49. The van der Waals surface area contributed by atoms with Crippen molar-refractivity contribution in [2.75, 3.05) is 5.32 Å². The minimum atomic E-state index is -0.198. The molecule has 3 rings (SSSR count). The van der Waals surface area contributed by atoms with E-state index in [1.54, 1.807) is 24.4 Å². The number of aromatic nitrogens is 3. The molecule has 7 heteroatoms. The summed E-state index contributed by atoms with van der Waals surface area (Å²) in [7, 11) is 0. The van der Waals surface area contributed by atoms with Gasteiger partial charge in [0.2, 0.25) is 5.13 Å². The van der Waals surface area contributed by atoms with Crippen LogP contribution in [0.4, 0.5) is 5.13 Å². The predicted octanol–water partition coefficient (Wildman–Crippen LogP) is 3.43. The Morgan fingerprint density at radius 1 is 1.14 bits per heavy atom. The van der Waals surface area contributed by atoms with E-state index in [0.29, 0.717) is 22.3 Å². The van der Waals surface area contributed by atoms with Crippen LogP contribution in [0.5, 0.6) is 0 Å². The van der Waals surface area contributed by atoms with Crippen molar-refractivity contribution in [3.05, 3.63) is 69.9 Å². The monoisotopic (exact) mass is 330 g/mol. The van der Waals surface area contributed by atoms with Crippen LogP contribution in [0.2, 0.25) is 5.15 Å². The second kappa shape index (κ2) is 6.64. The molecule has 0 fully saturated rings. The van der Waals surface area contributed by atoms with E-state index in [9.17, 15) is 4.79 Å². The van der Waals surface area contributed by atoms with Crippen molar-refractivity contribution in [2.45, 2.75) is 6.42 Å². The third-order valence-corrected chi connectivity index (χ3v) is 3.93. The normalized spacial score (nSPS) is 10.4. The number of carbonyl (C=O) groups is 1. The number of nitrogens with zero attached hydrogens (tertiary/aromatic N) is 3. The van der Waals surface area contributed by atoms with E-state index in [1.807, 2.05) is 24.3 Å². The zero-order valence-electron chi connectivity index (χ0n) is 11.4. The van der Waals surface area contributed by atoms with E-state index in [2.05, 4.69) is 20.5 Å². The first-order valence-corrected chi connectivity index (χ1v) is 7.69. The first-order valence-electron chi connectivity index (χ1n) is 6.50. The molecule has 5 nitrogen and oxygen atoms in total. The zero-order valence-corrected chi connectivity index (χ0v) is 12.9. The van der Waals surface area contributed by atoms with Crippen LogP contribution in [-0.2, 0) is 6.42 Å². The minimum absolute atomic E-state index is 0.198. The highest BCUT2D eigenvalue weighted by molar-refractivity contribution is 7.15. The van der Waals surface area contributed by atoms with Gasteiger partial charge in [-0.3, -0.25) is 10.1 Å². The van der Waals surface area contributed by atoms with Gasteiger partial charge < -0.3 is 0 Å². The van der Waals surface area contributed by atoms with Crippen LogP contribution < -0.4 is 5.32 Å². The number of amides is 1. The van der Waals surface area contributed by atoms with Crippen molar-refractivity contribution in [1.29, 1.82) is 0 Å². The summed E-state index contributed by atoms with van der Waals surface area (Å²) in [5, 5.41) is 12.5. The van der Waals surface area contributed by atoms with E-state index in [4.69, 9.17) is 11.6 Å². The molecule has 110 valence electrons. The van der Waals surface area contributed by atoms with Crippen LogP contribution in [0.1, 0.15) is 20.9 Å². The molecule has 0 unspecified atom stereocenters. The summed E-state index contributed by atoms with van der Waals surface area (Å²) >= 11 is 7.09. The molecule has 0 saturated heterocycles. The van der Waals surface area contributed by atoms with Gasteiger partial charge in [-0.15, -0.1) is 10.2 Å². The van der Waals surface area contributed by atoms with Gasteiger partial charge in [0.15, 0.2) is 0 Å². The molecule has 1 aromatic carbocycles. The first kappa shape index (κ1) is 14.6. The molecule has 0 spiro atoms. The van der Waals surface area contributed by atoms with Crippen molar-refractivity contribution >= 4 is 34.0 Å². The Labute approximate surface area is 136 Å². The third-order valence-electron chi connectivity index (χ3n) is 2.87. The quantitative estimate of drug-likeness (QED) is 0.744. The molecule has 1 amide bonds. The number of hydrogen-bond donors (Lipinski definition) is 1. The number of halogens is 1. The van der Waals surface area contributed by atoms with E-state index >= 15 is 0 Å². The van der Waals surface area contributed by atoms with Crippen LogP contribution >= 0.6 is 22.9 Å². The summed E-state index contributed by atoms with van der Waals surface area (Å²) < 4.78 is 0. The summed E-state index contributed by atoms with van der Waals surface area (Å²) in [5.41, 5.74) is 1.57. The highest BCUT2D eigenvalue weighted by Crippen LogP contribution is 2.19. The Kier molecular flexibility index (Phi) is 4.41. The van der Waals surface area contributed by atoms with E-state index in [-0.39, 0.29) is 5.91 Å². The number of hydrogen-bond acceptors (Lipinski definition) is 5. The average molecular weight is 331 g/mol. The lowest BCUT2D eigenvalue weighted by molar-refractivity contribution is 0.102. The maximum atomic E-state index is 12.0. The lowest BCUT2D eigenvalue weighted by atomic mass is 10.2. The van der Waals surface area contributed by atoms with Crippen LogP contribution in [0.15, 0.2) is 48.7 Å². The Balaban J connectivity index is 1.66. The minimum Gasteiger partial charge on any atom is -0.296 e. The molecule has 3 aromatic rings. The molecule has 0 bridgehead atoms. The topological polar surface area (TPSA) is 67.8 Å². The van der Waals surface area contributed by atoms with Crippen molar-refractivity contribution < 1.29 is 4.79 Å². The van der Waals surface area contributed by atoms with Crippen LogP contribution in [0.25, 0.3) is 0 Å². The van der Waals surface area contributed by atoms with E-state index in [0.717, 1.165) is 10.6 Å². The Morgan fingerprint density at radius 3 is 2.68 bits per heavy atom. The Bertz CT molecular complexity index is 774. The number of nitrogens with one attached hydrogen (secondary N) is 1. The molecule has 0 aliphatic rings. The standard InChI is InChI=1S/C15H11ClN4OS/c16-12-7-6-10(9-17-12)8-13-19-20-15(22-13)18-14(21)11-4-2-1-3-5-11/h1-7,9H,8H2,(H,18,20,21). The van der Waals surface area contributed by atoms with Gasteiger partial charge in [0.05, 0.1) is 0 Å². The van der Waals surface area contributed by atoms with Gasteiger partial charge in [-0.25, -0.2) is 4.98 Å². The molecule has 0 atom stereocenters. The van der Waals surface area contributed by atoms with Crippen molar-refractivity contribution in [3.8, 4) is 0 Å².